The van der Waals surface area contributed by atoms with Crippen molar-refractivity contribution < 1.29 is 0 Å². The van der Waals surface area contributed by atoms with Crippen molar-refractivity contribution in [2.75, 3.05) is 0 Å². The van der Waals surface area contributed by atoms with E-state index in [2.05, 4.69) is 45.5 Å². The summed E-state index contributed by atoms with van der Waals surface area (Å²) in [5, 5.41) is 17.2. The number of hydrogen-bond acceptors (Lipinski definition) is 6. The average molecular weight is 279 g/mol. The Morgan fingerprint density at radius 1 is 1.00 bits per heavy atom. The predicted molar refractivity (Wildman–Crippen MR) is 72.6 cm³/mol. The molecule has 0 saturated heterocycles. The second-order valence-corrected chi connectivity index (χ2v) is 4.22. The van der Waals surface area contributed by atoms with Gasteiger partial charge in [-0.3, -0.25) is 5.10 Å². The summed E-state index contributed by atoms with van der Waals surface area (Å²) < 4.78 is 0. The Morgan fingerprint density at radius 3 is 2.71 bits per heavy atom. The largest absolute Gasteiger partial charge is 0.343 e. The first kappa shape index (κ1) is 11.5. The van der Waals surface area contributed by atoms with Crippen LogP contribution in [0.5, 0.6) is 0 Å². The van der Waals surface area contributed by atoms with Crippen LogP contribution in [0.25, 0.3) is 34.3 Å². The van der Waals surface area contributed by atoms with Crippen LogP contribution >= 0.6 is 0 Å². The Bertz CT molecular complexity index is 831. The lowest BCUT2D eigenvalue weighted by Crippen LogP contribution is -1.97. The van der Waals surface area contributed by atoms with E-state index in [1.54, 1.807) is 31.0 Å². The molecule has 0 fully saturated rings. The van der Waals surface area contributed by atoms with E-state index in [1.807, 2.05) is 6.07 Å². The third-order valence-electron chi connectivity index (χ3n) is 2.95. The van der Waals surface area contributed by atoms with Crippen LogP contribution in [0.3, 0.4) is 0 Å². The number of hydrogen-bond donors (Lipinski definition) is 3. The molecule has 0 spiro atoms. The molecule has 9 nitrogen and oxygen atoms in total. The molecule has 0 amide bonds. The molecular formula is C12H9N9. The zero-order valence-corrected chi connectivity index (χ0v) is 10.6. The number of nitrogens with zero attached hydrogens (tertiary/aromatic N) is 6. The molecule has 3 N–H and O–H groups in total. The highest BCUT2D eigenvalue weighted by molar-refractivity contribution is 5.76. The molecule has 0 saturated carbocycles. The third kappa shape index (κ3) is 1.96. The molecule has 9 heteroatoms. The molecule has 4 rings (SSSR count). The van der Waals surface area contributed by atoms with Crippen molar-refractivity contribution in [3.63, 3.8) is 0 Å². The van der Waals surface area contributed by atoms with E-state index >= 15 is 0 Å². The van der Waals surface area contributed by atoms with Gasteiger partial charge < -0.3 is 4.98 Å². The van der Waals surface area contributed by atoms with Crippen LogP contribution in [0.4, 0.5) is 0 Å². The summed E-state index contributed by atoms with van der Waals surface area (Å²) in [7, 11) is 0. The second-order valence-electron chi connectivity index (χ2n) is 4.22. The Kier molecular flexibility index (Phi) is 2.53. The van der Waals surface area contributed by atoms with Gasteiger partial charge in [0.05, 0.1) is 11.9 Å². The van der Waals surface area contributed by atoms with Gasteiger partial charge in [0.2, 0.25) is 0 Å². The molecule has 0 radical (unpaired) electrons. The standard InChI is InChI=1S/C12H9N9/c1-2-16-19-8(1)7-5-15-11(9-6-17-21-20-9)18-10(7)12-13-3-4-14-12/h1-6H,(H,13,14)(H,16,19)(H,17,20,21). The van der Waals surface area contributed by atoms with Crippen LogP contribution in [0.2, 0.25) is 0 Å². The summed E-state index contributed by atoms with van der Waals surface area (Å²) in [6, 6.07) is 1.85. The minimum absolute atomic E-state index is 0.471. The average Bonchev–Trinajstić information content (AvgIpc) is 3.28. The van der Waals surface area contributed by atoms with Gasteiger partial charge in [-0.1, -0.05) is 0 Å². The smallest absolute Gasteiger partial charge is 0.182 e. The highest BCUT2D eigenvalue weighted by Gasteiger charge is 2.16. The van der Waals surface area contributed by atoms with Gasteiger partial charge in [-0.25, -0.2) is 15.0 Å². The summed E-state index contributed by atoms with van der Waals surface area (Å²) in [6.45, 7) is 0. The zero-order chi connectivity index (χ0) is 14.1. The molecule has 0 aliphatic carbocycles. The van der Waals surface area contributed by atoms with Gasteiger partial charge in [-0.05, 0) is 6.07 Å². The number of imidazole rings is 1. The molecular weight excluding hydrogens is 270 g/mol. The summed E-state index contributed by atoms with van der Waals surface area (Å²) in [6.07, 6.45) is 8.36. The van der Waals surface area contributed by atoms with E-state index in [0.29, 0.717) is 23.0 Å². The molecule has 4 aromatic rings. The molecule has 0 aliphatic rings. The number of H-pyrrole nitrogens is 3. The number of nitrogens with one attached hydrogen (secondary N) is 3. The van der Waals surface area contributed by atoms with E-state index < -0.39 is 0 Å². The van der Waals surface area contributed by atoms with Crippen molar-refractivity contribution in [1.82, 2.24) is 45.5 Å². The molecule has 21 heavy (non-hydrogen) atoms. The maximum absolute atomic E-state index is 4.54. The van der Waals surface area contributed by atoms with Gasteiger partial charge in [0.15, 0.2) is 11.6 Å². The van der Waals surface area contributed by atoms with E-state index in [-0.39, 0.29) is 0 Å². The Morgan fingerprint density at radius 2 is 2.00 bits per heavy atom. The van der Waals surface area contributed by atoms with Gasteiger partial charge in [0.1, 0.15) is 11.4 Å². The molecule has 0 bridgehead atoms. The predicted octanol–water partition coefficient (Wildman–Crippen LogP) is 1.04. The van der Waals surface area contributed by atoms with Crippen molar-refractivity contribution in [2.24, 2.45) is 0 Å². The molecule has 4 aromatic heterocycles. The highest BCUT2D eigenvalue weighted by Crippen LogP contribution is 2.27. The summed E-state index contributed by atoms with van der Waals surface area (Å²) >= 11 is 0. The first-order valence-electron chi connectivity index (χ1n) is 6.14. The van der Waals surface area contributed by atoms with Gasteiger partial charge in [-0.15, -0.1) is 0 Å². The zero-order valence-electron chi connectivity index (χ0n) is 10.6. The summed E-state index contributed by atoms with van der Waals surface area (Å²) in [5.74, 6) is 1.12. The van der Waals surface area contributed by atoms with Gasteiger partial charge in [-0.2, -0.15) is 20.5 Å². The molecule has 102 valence electrons. The van der Waals surface area contributed by atoms with E-state index in [1.165, 1.54) is 0 Å². The van der Waals surface area contributed by atoms with Crippen LogP contribution in [0, 0.1) is 0 Å². The maximum Gasteiger partial charge on any atom is 0.182 e. The molecule has 0 unspecified atom stereocenters. The van der Waals surface area contributed by atoms with Gasteiger partial charge in [0, 0.05) is 30.4 Å². The highest BCUT2D eigenvalue weighted by atomic mass is 15.3. The normalized spacial score (nSPS) is 10.9. The van der Waals surface area contributed by atoms with Crippen LogP contribution < -0.4 is 0 Å². The van der Waals surface area contributed by atoms with Crippen molar-refractivity contribution in [3.8, 4) is 34.3 Å². The Balaban J connectivity index is 1.92. The second kappa shape index (κ2) is 4.63. The van der Waals surface area contributed by atoms with Crippen LogP contribution in [-0.2, 0) is 0 Å². The van der Waals surface area contributed by atoms with Crippen LogP contribution in [-0.4, -0.2) is 45.5 Å². The first-order valence-corrected chi connectivity index (χ1v) is 6.14. The van der Waals surface area contributed by atoms with E-state index in [9.17, 15) is 0 Å². The summed E-state index contributed by atoms with van der Waals surface area (Å²) in [5.41, 5.74) is 2.85. The lowest BCUT2D eigenvalue weighted by atomic mass is 10.1. The number of aromatic nitrogens is 9. The fourth-order valence-electron chi connectivity index (χ4n) is 1.99. The molecule has 4 heterocycles. The monoisotopic (exact) mass is 279 g/mol. The van der Waals surface area contributed by atoms with Crippen molar-refractivity contribution in [2.45, 2.75) is 0 Å². The van der Waals surface area contributed by atoms with Gasteiger partial charge in [0.25, 0.3) is 0 Å². The molecule has 0 atom stereocenters. The van der Waals surface area contributed by atoms with Crippen LogP contribution in [0.15, 0.2) is 37.1 Å². The Labute approximate surface area is 117 Å². The van der Waals surface area contributed by atoms with Crippen molar-refractivity contribution in [3.05, 3.63) is 37.1 Å². The minimum Gasteiger partial charge on any atom is -0.343 e. The fraction of sp³-hybridized carbons (Fsp3) is 0. The lowest BCUT2D eigenvalue weighted by Gasteiger charge is -2.05. The minimum atomic E-state index is 0.471. The number of aromatic amines is 3. The third-order valence-corrected chi connectivity index (χ3v) is 2.95. The number of rotatable bonds is 3. The quantitative estimate of drug-likeness (QED) is 0.514. The van der Waals surface area contributed by atoms with Crippen molar-refractivity contribution in [1.29, 1.82) is 0 Å². The maximum atomic E-state index is 4.54. The molecule has 0 aromatic carbocycles. The lowest BCUT2D eigenvalue weighted by molar-refractivity contribution is 0.938. The van der Waals surface area contributed by atoms with Gasteiger partial charge >= 0.3 is 0 Å². The summed E-state index contributed by atoms with van der Waals surface area (Å²) in [4.78, 5) is 16.2. The Hall–Kier alpha value is -3.36. The van der Waals surface area contributed by atoms with E-state index in [0.717, 1.165) is 11.3 Å². The van der Waals surface area contributed by atoms with E-state index in [4.69, 9.17) is 0 Å². The molecule has 0 aliphatic heterocycles. The fourth-order valence-corrected chi connectivity index (χ4v) is 1.99. The van der Waals surface area contributed by atoms with Crippen molar-refractivity contribution >= 4 is 0 Å². The SMILES string of the molecule is c1cc(-c2cnc(-c3cn[nH]n3)nc2-c2ncc[nH]2)[nH]n1. The van der Waals surface area contributed by atoms with Crippen LogP contribution in [0.1, 0.15) is 0 Å². The first-order chi connectivity index (χ1) is 10.4. The topological polar surface area (TPSA) is 125 Å².